The first-order valence-corrected chi connectivity index (χ1v) is 6.64. The number of benzene rings is 1. The van der Waals surface area contributed by atoms with Crippen LogP contribution in [-0.2, 0) is 4.79 Å². The first kappa shape index (κ1) is 15.4. The minimum Gasteiger partial charge on any atom is -0.453 e. The van der Waals surface area contributed by atoms with E-state index in [1.807, 2.05) is 0 Å². The number of carbonyl (C=O) groups excluding carboxylic acids is 1. The van der Waals surface area contributed by atoms with E-state index < -0.39 is 17.8 Å². The van der Waals surface area contributed by atoms with E-state index in [9.17, 15) is 9.18 Å². The molecule has 0 aliphatic rings. The summed E-state index contributed by atoms with van der Waals surface area (Å²) >= 11 is 0. The maximum atomic E-state index is 14.1. The van der Waals surface area contributed by atoms with Gasteiger partial charge in [0.1, 0.15) is 12.2 Å². The van der Waals surface area contributed by atoms with E-state index >= 15 is 0 Å². The van der Waals surface area contributed by atoms with E-state index in [1.165, 1.54) is 18.3 Å². The van der Waals surface area contributed by atoms with Crippen LogP contribution >= 0.6 is 0 Å². The van der Waals surface area contributed by atoms with Crippen LogP contribution in [-0.4, -0.2) is 10.9 Å². The maximum Gasteiger partial charge on any atom is 0.234 e. The lowest BCUT2D eigenvalue weighted by Crippen LogP contribution is -2.25. The molecule has 0 aliphatic carbocycles. The predicted octanol–water partition coefficient (Wildman–Crippen LogP) is 3.10. The van der Waals surface area contributed by atoms with Crippen LogP contribution in [0.1, 0.15) is 24.9 Å². The quantitative estimate of drug-likeness (QED) is 0.920. The highest BCUT2D eigenvalue weighted by molar-refractivity contribution is 5.78. The van der Waals surface area contributed by atoms with Gasteiger partial charge in [-0.2, -0.15) is 5.26 Å². The summed E-state index contributed by atoms with van der Waals surface area (Å²) in [5.41, 5.74) is 0.585. The molecule has 2 rings (SSSR count). The lowest BCUT2D eigenvalue weighted by atomic mass is 10.1. The number of pyridine rings is 1. The molecule has 1 heterocycles. The molecule has 0 saturated heterocycles. The molecule has 0 spiro atoms. The molecule has 1 aromatic carbocycles. The summed E-state index contributed by atoms with van der Waals surface area (Å²) in [5, 5.41) is 11.1. The first-order chi connectivity index (χ1) is 10.6. The van der Waals surface area contributed by atoms with Crippen LogP contribution in [0, 0.1) is 17.1 Å². The third-order valence-electron chi connectivity index (χ3n) is 2.94. The molecule has 6 heteroatoms. The number of hydrogen-bond donors (Lipinski definition) is 1. The van der Waals surface area contributed by atoms with Crippen molar-refractivity contribution in [1.29, 1.82) is 5.26 Å². The van der Waals surface area contributed by atoms with Crippen molar-refractivity contribution in [3.8, 4) is 17.6 Å². The highest BCUT2D eigenvalue weighted by Crippen LogP contribution is 2.26. The van der Waals surface area contributed by atoms with Crippen LogP contribution in [0.4, 0.5) is 4.39 Å². The van der Waals surface area contributed by atoms with Gasteiger partial charge in [0.2, 0.25) is 5.91 Å². The minimum absolute atomic E-state index is 0.0762. The lowest BCUT2D eigenvalue weighted by molar-refractivity contribution is -0.120. The van der Waals surface area contributed by atoms with Crippen LogP contribution in [0.5, 0.6) is 11.5 Å². The molecule has 0 unspecified atom stereocenters. The molecule has 0 bridgehead atoms. The van der Waals surface area contributed by atoms with Gasteiger partial charge in [0.05, 0.1) is 18.3 Å². The van der Waals surface area contributed by atoms with Gasteiger partial charge in [-0.25, -0.2) is 4.39 Å². The van der Waals surface area contributed by atoms with Gasteiger partial charge in [-0.15, -0.1) is 0 Å². The number of nitriles is 1. The molecular weight excluding hydrogens is 285 g/mol. The van der Waals surface area contributed by atoms with Gasteiger partial charge in [0.25, 0.3) is 0 Å². The molecule has 22 heavy (non-hydrogen) atoms. The normalized spacial score (nSPS) is 11.3. The number of aromatic nitrogens is 1. The number of nitrogens with one attached hydrogen (secondary N) is 1. The Balaban J connectivity index is 2.09. The molecule has 1 N–H and O–H groups in total. The fourth-order valence-corrected chi connectivity index (χ4v) is 1.85. The molecule has 5 nitrogen and oxygen atoms in total. The topological polar surface area (TPSA) is 75.0 Å². The summed E-state index contributed by atoms with van der Waals surface area (Å²) in [5.74, 6) is -0.425. The van der Waals surface area contributed by atoms with Crippen LogP contribution in [0.15, 0.2) is 42.7 Å². The average molecular weight is 299 g/mol. The van der Waals surface area contributed by atoms with E-state index in [4.69, 9.17) is 10.00 Å². The molecular formula is C16H14FN3O2. The Bertz CT molecular complexity index is 698. The average Bonchev–Trinajstić information content (AvgIpc) is 2.50. The third-order valence-corrected chi connectivity index (χ3v) is 2.94. The summed E-state index contributed by atoms with van der Waals surface area (Å²) in [6.07, 6.45) is 2.85. The second-order valence-corrected chi connectivity index (χ2v) is 4.60. The van der Waals surface area contributed by atoms with Gasteiger partial charge in [0.15, 0.2) is 11.6 Å². The Labute approximate surface area is 127 Å². The van der Waals surface area contributed by atoms with Crippen molar-refractivity contribution < 1.29 is 13.9 Å². The predicted molar refractivity (Wildman–Crippen MR) is 77.5 cm³/mol. The van der Waals surface area contributed by atoms with Gasteiger partial charge in [-0.05, 0) is 36.8 Å². The number of ether oxygens (including phenoxy) is 1. The fraction of sp³-hybridized carbons (Fsp3) is 0.188. The van der Waals surface area contributed by atoms with Gasteiger partial charge < -0.3 is 10.1 Å². The van der Waals surface area contributed by atoms with Crippen molar-refractivity contribution in [3.63, 3.8) is 0 Å². The number of halogens is 1. The first-order valence-electron chi connectivity index (χ1n) is 6.64. The van der Waals surface area contributed by atoms with Crippen molar-refractivity contribution in [1.82, 2.24) is 10.3 Å². The summed E-state index contributed by atoms with van der Waals surface area (Å²) in [6, 6.07) is 9.16. The zero-order chi connectivity index (χ0) is 15.9. The number of hydrogen-bond acceptors (Lipinski definition) is 4. The summed E-state index contributed by atoms with van der Waals surface area (Å²) in [7, 11) is 0. The summed E-state index contributed by atoms with van der Waals surface area (Å²) in [4.78, 5) is 15.2. The Hall–Kier alpha value is -2.94. The Kier molecular flexibility index (Phi) is 5.04. The Morgan fingerprint density at radius 1 is 1.50 bits per heavy atom. The van der Waals surface area contributed by atoms with E-state index in [0.29, 0.717) is 11.3 Å². The standard InChI is InChI=1S/C16H14FN3O2/c1-11(20-16(21)6-7-18)12-4-5-15(14(17)9-12)22-13-3-2-8-19-10-13/h2-5,8-11H,6H2,1H3,(H,20,21)/t11-/m1/s1. The van der Waals surface area contributed by atoms with Crippen LogP contribution in [0.3, 0.4) is 0 Å². The second kappa shape index (κ2) is 7.18. The minimum atomic E-state index is -0.539. The molecule has 1 amide bonds. The lowest BCUT2D eigenvalue weighted by Gasteiger charge is -2.14. The van der Waals surface area contributed by atoms with E-state index in [1.54, 1.807) is 37.4 Å². The molecule has 1 aromatic heterocycles. The van der Waals surface area contributed by atoms with E-state index in [-0.39, 0.29) is 12.2 Å². The highest BCUT2D eigenvalue weighted by Gasteiger charge is 2.12. The molecule has 112 valence electrons. The van der Waals surface area contributed by atoms with E-state index in [0.717, 1.165) is 0 Å². The zero-order valence-electron chi connectivity index (χ0n) is 11.9. The van der Waals surface area contributed by atoms with Crippen molar-refractivity contribution in [3.05, 3.63) is 54.1 Å². The molecule has 2 aromatic rings. The second-order valence-electron chi connectivity index (χ2n) is 4.60. The largest absolute Gasteiger partial charge is 0.453 e. The van der Waals surface area contributed by atoms with Gasteiger partial charge in [-0.1, -0.05) is 6.07 Å². The number of nitrogens with zero attached hydrogens (tertiary/aromatic N) is 2. The SMILES string of the molecule is C[C@@H](NC(=O)CC#N)c1ccc(Oc2cccnc2)c(F)c1. The highest BCUT2D eigenvalue weighted by atomic mass is 19.1. The van der Waals surface area contributed by atoms with Crippen LogP contribution in [0.25, 0.3) is 0 Å². The van der Waals surface area contributed by atoms with Crippen molar-refractivity contribution in [2.45, 2.75) is 19.4 Å². The molecule has 0 saturated carbocycles. The maximum absolute atomic E-state index is 14.1. The van der Waals surface area contributed by atoms with Crippen LogP contribution in [0.2, 0.25) is 0 Å². The zero-order valence-corrected chi connectivity index (χ0v) is 11.9. The van der Waals surface area contributed by atoms with Crippen molar-refractivity contribution in [2.24, 2.45) is 0 Å². The smallest absolute Gasteiger partial charge is 0.234 e. The monoisotopic (exact) mass is 299 g/mol. The molecule has 0 radical (unpaired) electrons. The molecule has 0 aliphatic heterocycles. The fourth-order valence-electron chi connectivity index (χ4n) is 1.85. The molecule has 1 atom stereocenters. The van der Waals surface area contributed by atoms with Gasteiger partial charge in [-0.3, -0.25) is 9.78 Å². The van der Waals surface area contributed by atoms with Crippen molar-refractivity contribution in [2.75, 3.05) is 0 Å². The summed E-state index contributed by atoms with van der Waals surface area (Å²) < 4.78 is 19.5. The Morgan fingerprint density at radius 3 is 2.95 bits per heavy atom. The third kappa shape index (κ3) is 4.03. The number of amides is 1. The van der Waals surface area contributed by atoms with Gasteiger partial charge in [0, 0.05) is 6.20 Å². The molecule has 0 fully saturated rings. The van der Waals surface area contributed by atoms with Crippen molar-refractivity contribution >= 4 is 5.91 Å². The van der Waals surface area contributed by atoms with Gasteiger partial charge >= 0.3 is 0 Å². The summed E-state index contributed by atoms with van der Waals surface area (Å²) in [6.45, 7) is 1.71. The Morgan fingerprint density at radius 2 is 2.32 bits per heavy atom. The number of carbonyl (C=O) groups is 1. The van der Waals surface area contributed by atoms with E-state index in [2.05, 4.69) is 10.3 Å². The number of rotatable bonds is 5. The van der Waals surface area contributed by atoms with Crippen LogP contribution < -0.4 is 10.1 Å².